The zero-order valence-electron chi connectivity index (χ0n) is 58.1. The van der Waals surface area contributed by atoms with E-state index in [-0.39, 0.29) is 35.2 Å². The summed E-state index contributed by atoms with van der Waals surface area (Å²) in [6.07, 6.45) is 10.6. The maximum atomic E-state index is 9.76. The number of hydrogen-bond donors (Lipinski definition) is 4. The SMILES string of the molecule is C.C1C2CC3CC1CC(C2)C3.CC.CC.CC.CC.CC.CC.CC.CC1(C)CC(c2ccc(O)cc2)(c2ccc(O)cc2)c2ccccc21.Cc1ccc(C(C)(c2ccccc2)c2ccc(O)cc2)cc1.Cc1ccc(C)cc1.Cc1ccc(O)cc1. The van der Waals surface area contributed by atoms with Crippen molar-refractivity contribution < 1.29 is 20.4 Å². The number of aryl methyl sites for hydroxylation is 4. The Bertz CT molecular complexity index is 2740. The van der Waals surface area contributed by atoms with Gasteiger partial charge in [-0.2, -0.15) is 0 Å². The second-order valence-electron chi connectivity index (χ2n) is 22.4. The van der Waals surface area contributed by atoms with Crippen molar-refractivity contribution >= 4 is 0 Å². The van der Waals surface area contributed by atoms with Crippen molar-refractivity contribution in [2.75, 3.05) is 0 Å². The molecule has 4 nitrogen and oxygen atoms in total. The van der Waals surface area contributed by atoms with Gasteiger partial charge in [0.25, 0.3) is 0 Å². The molecular weight excluding hydrogens is 1070 g/mol. The summed E-state index contributed by atoms with van der Waals surface area (Å²) in [7, 11) is 0. The number of rotatable bonds is 5. The molecule has 8 aromatic rings. The lowest BCUT2D eigenvalue weighted by atomic mass is 9.56. The van der Waals surface area contributed by atoms with Crippen molar-refractivity contribution in [3.05, 3.63) is 261 Å². The lowest BCUT2D eigenvalue weighted by Crippen LogP contribution is -2.38. The van der Waals surface area contributed by atoms with Crippen molar-refractivity contribution in [2.45, 2.75) is 214 Å². The molecule has 482 valence electrons. The van der Waals surface area contributed by atoms with Gasteiger partial charge in [-0.25, -0.2) is 0 Å². The van der Waals surface area contributed by atoms with Crippen LogP contribution in [0.15, 0.2) is 200 Å². The molecule has 0 aromatic heterocycles. The summed E-state index contributed by atoms with van der Waals surface area (Å²) in [4.78, 5) is 0. The maximum Gasteiger partial charge on any atom is 0.115 e. The van der Waals surface area contributed by atoms with Gasteiger partial charge in [0.1, 0.15) is 23.0 Å². The van der Waals surface area contributed by atoms with E-state index in [1.807, 2.05) is 158 Å². The molecule has 5 aliphatic carbocycles. The first-order chi connectivity index (χ1) is 42.0. The molecule has 88 heavy (non-hydrogen) atoms. The number of hydrogen-bond acceptors (Lipinski definition) is 4. The molecule has 4 heteroatoms. The van der Waals surface area contributed by atoms with Gasteiger partial charge in [0.15, 0.2) is 0 Å². The van der Waals surface area contributed by atoms with E-state index in [0.717, 1.165) is 17.5 Å². The summed E-state index contributed by atoms with van der Waals surface area (Å²) in [5.74, 6) is 5.88. The lowest BCUT2D eigenvalue weighted by molar-refractivity contribution is 0.0198. The van der Waals surface area contributed by atoms with Gasteiger partial charge < -0.3 is 20.4 Å². The van der Waals surface area contributed by atoms with Crippen molar-refractivity contribution in [3.8, 4) is 23.0 Å². The van der Waals surface area contributed by atoms with E-state index in [2.05, 4.69) is 139 Å². The fourth-order valence-corrected chi connectivity index (χ4v) is 12.6. The number of phenolic OH excluding ortho intramolecular Hbond substituents is 4. The molecule has 8 aromatic carbocycles. The predicted octanol–water partition coefficient (Wildman–Crippen LogP) is 24.8. The predicted molar refractivity (Wildman–Crippen MR) is 388 cm³/mol. The molecule has 1 unspecified atom stereocenters. The van der Waals surface area contributed by atoms with E-state index < -0.39 is 0 Å². The number of benzene rings is 8. The van der Waals surface area contributed by atoms with Gasteiger partial charge in [-0.15, -0.1) is 0 Å². The highest BCUT2D eigenvalue weighted by atomic mass is 16.3. The molecule has 1 atom stereocenters. The van der Waals surface area contributed by atoms with Crippen molar-refractivity contribution in [1.82, 2.24) is 0 Å². The second-order valence-corrected chi connectivity index (χ2v) is 22.4. The van der Waals surface area contributed by atoms with E-state index in [1.54, 1.807) is 87.1 Å². The quantitative estimate of drug-likeness (QED) is 0.129. The van der Waals surface area contributed by atoms with Crippen LogP contribution in [0.1, 0.15) is 231 Å². The fourth-order valence-electron chi connectivity index (χ4n) is 12.6. The van der Waals surface area contributed by atoms with Crippen LogP contribution in [0.4, 0.5) is 0 Å². The maximum absolute atomic E-state index is 9.76. The minimum absolute atomic E-state index is 0. The highest BCUT2D eigenvalue weighted by Gasteiger charge is 2.49. The summed E-state index contributed by atoms with van der Waals surface area (Å²) in [6, 6.07) is 66.0. The minimum atomic E-state index is -0.290. The first-order valence-electron chi connectivity index (χ1n) is 33.4. The Kier molecular flexibility index (Phi) is 39.4. The average molecular weight is 1200 g/mol. The highest BCUT2D eigenvalue weighted by molar-refractivity contribution is 5.60. The Morgan fingerprint density at radius 1 is 0.307 bits per heavy atom. The summed E-state index contributed by atoms with van der Waals surface area (Å²) < 4.78 is 0. The Hall–Kier alpha value is -7.04. The average Bonchev–Trinajstić information content (AvgIpc) is 1.55. The molecule has 0 aliphatic heterocycles. The first kappa shape index (κ1) is 81.0. The van der Waals surface area contributed by atoms with Gasteiger partial charge in [0.05, 0.1) is 0 Å². The minimum Gasteiger partial charge on any atom is -0.508 e. The Morgan fingerprint density at radius 2 is 0.534 bits per heavy atom. The molecule has 13 rings (SSSR count). The molecule has 4 fully saturated rings. The van der Waals surface area contributed by atoms with E-state index in [1.165, 1.54) is 73.7 Å². The molecule has 4 saturated carbocycles. The zero-order chi connectivity index (χ0) is 65.8. The fraction of sp³-hybridized carbons (Fsp3) is 0.429. The van der Waals surface area contributed by atoms with E-state index in [0.29, 0.717) is 11.5 Å². The van der Waals surface area contributed by atoms with Gasteiger partial charge in [0.2, 0.25) is 0 Å². The van der Waals surface area contributed by atoms with Crippen molar-refractivity contribution in [1.29, 1.82) is 0 Å². The lowest BCUT2D eigenvalue weighted by Gasteiger charge is -2.49. The molecule has 0 saturated heterocycles. The van der Waals surface area contributed by atoms with E-state index in [4.69, 9.17) is 5.11 Å². The molecule has 0 heterocycles. The Balaban J connectivity index is 0.00000108. The van der Waals surface area contributed by atoms with Crippen LogP contribution < -0.4 is 0 Å². The molecule has 0 amide bonds. The molecule has 0 spiro atoms. The molecule has 0 radical (unpaired) electrons. The van der Waals surface area contributed by atoms with Gasteiger partial charge in [0, 0.05) is 10.8 Å². The topological polar surface area (TPSA) is 80.9 Å². The van der Waals surface area contributed by atoms with Gasteiger partial charge >= 0.3 is 0 Å². The third-order valence-corrected chi connectivity index (χ3v) is 16.2. The van der Waals surface area contributed by atoms with Crippen LogP contribution in [-0.4, -0.2) is 20.4 Å². The standard InChI is InChI=1S/C23H22O2.C21H20O.C10H16.C8H10.C7H8O.7C2H6.CH4/c1-22(2)15-23(16-7-11-18(24)12-8-16,17-9-13-19(25)14-10-17)21-6-4-3-5-20(21)22;1-16-8-10-18(11-9-16)21(2,17-6-4-3-5-7-17)19-12-14-20(22)15-13-19;1-7-2-9-4-8(1)5-10(3-7)6-9;1-7-3-5-8(2)6-4-7;1-6-2-4-7(8)5-3-6;7*1-2;/h3-14,24-25H,15H2,1-2H3;3-15,22H,1-2H3;7-10H,1-6H2;3-6H,1-2H3;2-5,8H,1H3;7*1-2H3;1H4. The van der Waals surface area contributed by atoms with Crippen molar-refractivity contribution in [3.63, 3.8) is 0 Å². The Labute approximate surface area is 539 Å². The van der Waals surface area contributed by atoms with Crippen molar-refractivity contribution in [2.24, 2.45) is 23.7 Å². The summed E-state index contributed by atoms with van der Waals surface area (Å²) in [5, 5.41) is 37.9. The number of phenols is 4. The molecular formula is C84H122O4. The molecule has 4 bridgehead atoms. The number of aromatic hydroxyl groups is 4. The van der Waals surface area contributed by atoms with Crippen LogP contribution in [0.25, 0.3) is 0 Å². The van der Waals surface area contributed by atoms with E-state index >= 15 is 0 Å². The van der Waals surface area contributed by atoms with Crippen LogP contribution >= 0.6 is 0 Å². The normalized spacial score (nSPS) is 17.0. The second kappa shape index (κ2) is 42.8. The molecule has 4 N–H and O–H groups in total. The first-order valence-corrected chi connectivity index (χ1v) is 33.4. The van der Waals surface area contributed by atoms with E-state index in [9.17, 15) is 15.3 Å². The van der Waals surface area contributed by atoms with Gasteiger partial charge in [-0.05, 0) is 196 Å². The van der Waals surface area contributed by atoms with Crippen LogP contribution in [0.5, 0.6) is 23.0 Å². The summed E-state index contributed by atoms with van der Waals surface area (Å²) in [5.41, 5.74) is 13.2. The van der Waals surface area contributed by atoms with Crippen LogP contribution in [0, 0.1) is 51.4 Å². The van der Waals surface area contributed by atoms with Crippen LogP contribution in [0.3, 0.4) is 0 Å². The summed E-state index contributed by atoms with van der Waals surface area (Å²) in [6.45, 7) is 43.1. The summed E-state index contributed by atoms with van der Waals surface area (Å²) >= 11 is 0. The van der Waals surface area contributed by atoms with Gasteiger partial charge in [-0.3, -0.25) is 0 Å². The van der Waals surface area contributed by atoms with Gasteiger partial charge in [-0.1, -0.05) is 292 Å². The third-order valence-electron chi connectivity index (χ3n) is 16.2. The monoisotopic (exact) mass is 1190 g/mol. The number of fused-ring (bicyclic) bond motifs is 1. The van der Waals surface area contributed by atoms with Crippen LogP contribution in [0.2, 0.25) is 0 Å². The zero-order valence-corrected chi connectivity index (χ0v) is 58.1. The smallest absolute Gasteiger partial charge is 0.115 e. The highest BCUT2D eigenvalue weighted by Crippen LogP contribution is 2.57. The van der Waals surface area contributed by atoms with Crippen LogP contribution in [-0.2, 0) is 16.2 Å². The largest absolute Gasteiger partial charge is 0.508 e. The third kappa shape index (κ3) is 23.2. The Morgan fingerprint density at radius 3 is 0.841 bits per heavy atom. The molecule has 5 aliphatic rings.